The fourth-order valence-electron chi connectivity index (χ4n) is 1.84. The van der Waals surface area contributed by atoms with Crippen molar-refractivity contribution >= 4 is 11.3 Å². The second-order valence-electron chi connectivity index (χ2n) is 4.32. The van der Waals surface area contributed by atoms with E-state index in [-0.39, 0.29) is 0 Å². The molecule has 2 rings (SSSR count). The second kappa shape index (κ2) is 7.92. The van der Waals surface area contributed by atoms with Crippen molar-refractivity contribution in [3.8, 4) is 11.5 Å². The van der Waals surface area contributed by atoms with Gasteiger partial charge in [0.1, 0.15) is 6.61 Å². The molecule has 0 radical (unpaired) electrons. The van der Waals surface area contributed by atoms with Gasteiger partial charge < -0.3 is 14.8 Å². The molecule has 1 heterocycles. The summed E-state index contributed by atoms with van der Waals surface area (Å²) in [6.07, 6.45) is 0. The van der Waals surface area contributed by atoms with Crippen LogP contribution in [0.2, 0.25) is 0 Å². The van der Waals surface area contributed by atoms with E-state index in [2.05, 4.69) is 24.4 Å². The first-order valence-corrected chi connectivity index (χ1v) is 7.78. The lowest BCUT2D eigenvalue weighted by molar-refractivity contribution is 0.271. The number of hydrogen-bond donors (Lipinski definition) is 1. The van der Waals surface area contributed by atoms with E-state index >= 15 is 0 Å². The first-order valence-electron chi connectivity index (χ1n) is 6.96. The number of rotatable bonds is 8. The van der Waals surface area contributed by atoms with Crippen molar-refractivity contribution in [2.24, 2.45) is 0 Å². The standard InChI is InChI=1S/C16H21NO2S/c1-3-17-11-13-9-10-14(20-13)12-19-16-8-6-5-7-15(16)18-4-2/h5-10,17H,3-4,11-12H2,1-2H3. The van der Waals surface area contributed by atoms with Crippen LogP contribution in [-0.4, -0.2) is 13.2 Å². The zero-order chi connectivity index (χ0) is 14.2. The third-order valence-corrected chi connectivity index (χ3v) is 3.84. The van der Waals surface area contributed by atoms with Crippen LogP contribution in [0.15, 0.2) is 36.4 Å². The molecule has 20 heavy (non-hydrogen) atoms. The minimum Gasteiger partial charge on any atom is -0.490 e. The Hall–Kier alpha value is -1.52. The van der Waals surface area contributed by atoms with Crippen LogP contribution in [0.4, 0.5) is 0 Å². The van der Waals surface area contributed by atoms with E-state index in [9.17, 15) is 0 Å². The van der Waals surface area contributed by atoms with Crippen molar-refractivity contribution in [3.05, 3.63) is 46.2 Å². The topological polar surface area (TPSA) is 30.5 Å². The van der Waals surface area contributed by atoms with Gasteiger partial charge in [-0.2, -0.15) is 0 Å². The highest BCUT2D eigenvalue weighted by Crippen LogP contribution is 2.28. The van der Waals surface area contributed by atoms with E-state index < -0.39 is 0 Å². The van der Waals surface area contributed by atoms with Crippen LogP contribution in [-0.2, 0) is 13.2 Å². The van der Waals surface area contributed by atoms with Gasteiger partial charge in [-0.25, -0.2) is 0 Å². The zero-order valence-electron chi connectivity index (χ0n) is 12.0. The Labute approximate surface area is 124 Å². The van der Waals surface area contributed by atoms with Crippen molar-refractivity contribution in [2.45, 2.75) is 27.0 Å². The molecule has 0 unspecified atom stereocenters. The fourth-order valence-corrected chi connectivity index (χ4v) is 2.74. The summed E-state index contributed by atoms with van der Waals surface area (Å²) in [4.78, 5) is 2.56. The molecular weight excluding hydrogens is 270 g/mol. The molecule has 108 valence electrons. The maximum atomic E-state index is 5.86. The normalized spacial score (nSPS) is 10.5. The second-order valence-corrected chi connectivity index (χ2v) is 5.57. The number of nitrogens with one attached hydrogen (secondary N) is 1. The SMILES string of the molecule is CCNCc1ccc(COc2ccccc2OCC)s1. The lowest BCUT2D eigenvalue weighted by atomic mass is 10.3. The molecule has 1 aromatic carbocycles. The predicted octanol–water partition coefficient (Wildman–Crippen LogP) is 3.84. The van der Waals surface area contributed by atoms with E-state index in [0.29, 0.717) is 13.2 Å². The molecule has 0 aliphatic carbocycles. The maximum absolute atomic E-state index is 5.86. The Morgan fingerprint density at radius 3 is 2.35 bits per heavy atom. The molecule has 0 saturated carbocycles. The highest BCUT2D eigenvalue weighted by molar-refractivity contribution is 7.11. The Balaban J connectivity index is 1.93. The summed E-state index contributed by atoms with van der Waals surface area (Å²) in [5.74, 6) is 1.61. The summed E-state index contributed by atoms with van der Waals surface area (Å²) in [7, 11) is 0. The largest absolute Gasteiger partial charge is 0.490 e. The van der Waals surface area contributed by atoms with Gasteiger partial charge >= 0.3 is 0 Å². The van der Waals surface area contributed by atoms with Gasteiger partial charge in [-0.3, -0.25) is 0 Å². The Morgan fingerprint density at radius 2 is 1.65 bits per heavy atom. The molecular formula is C16H21NO2S. The third-order valence-electron chi connectivity index (χ3n) is 2.79. The average Bonchev–Trinajstić information content (AvgIpc) is 2.92. The molecule has 0 fully saturated rings. The van der Waals surface area contributed by atoms with Gasteiger partial charge in [0.05, 0.1) is 6.61 Å². The van der Waals surface area contributed by atoms with Crippen LogP contribution in [0.3, 0.4) is 0 Å². The maximum Gasteiger partial charge on any atom is 0.161 e. The quantitative estimate of drug-likeness (QED) is 0.801. The minimum absolute atomic E-state index is 0.584. The van der Waals surface area contributed by atoms with Gasteiger partial charge in [0.25, 0.3) is 0 Å². The third kappa shape index (κ3) is 4.25. The first kappa shape index (κ1) is 14.9. The number of hydrogen-bond acceptors (Lipinski definition) is 4. The van der Waals surface area contributed by atoms with Crippen molar-refractivity contribution in [1.29, 1.82) is 0 Å². The summed E-state index contributed by atoms with van der Waals surface area (Å²) >= 11 is 1.78. The number of ether oxygens (including phenoxy) is 2. The average molecular weight is 291 g/mol. The van der Waals surface area contributed by atoms with Crippen LogP contribution in [0.25, 0.3) is 0 Å². The molecule has 2 aromatic rings. The monoisotopic (exact) mass is 291 g/mol. The molecule has 1 aromatic heterocycles. The van der Waals surface area contributed by atoms with Gasteiger partial charge in [-0.05, 0) is 37.7 Å². The molecule has 0 amide bonds. The highest BCUT2D eigenvalue weighted by atomic mass is 32.1. The molecule has 0 spiro atoms. The van der Waals surface area contributed by atoms with Crippen molar-refractivity contribution in [1.82, 2.24) is 5.32 Å². The van der Waals surface area contributed by atoms with Crippen molar-refractivity contribution in [2.75, 3.05) is 13.2 Å². The highest BCUT2D eigenvalue weighted by Gasteiger charge is 2.05. The summed E-state index contributed by atoms with van der Waals surface area (Å²) in [6.45, 7) is 7.24. The van der Waals surface area contributed by atoms with E-state index in [1.54, 1.807) is 11.3 Å². The summed E-state index contributed by atoms with van der Waals surface area (Å²) < 4.78 is 11.4. The van der Waals surface area contributed by atoms with Gasteiger partial charge in [0.2, 0.25) is 0 Å². The summed E-state index contributed by atoms with van der Waals surface area (Å²) in [5, 5.41) is 3.33. The first-order chi connectivity index (χ1) is 9.83. The van der Waals surface area contributed by atoms with Gasteiger partial charge in [0.15, 0.2) is 11.5 Å². The van der Waals surface area contributed by atoms with Crippen molar-refractivity contribution < 1.29 is 9.47 Å². The molecule has 1 N–H and O–H groups in total. The number of para-hydroxylation sites is 2. The van der Waals surface area contributed by atoms with E-state index in [1.165, 1.54) is 9.75 Å². The lowest BCUT2D eigenvalue weighted by Crippen LogP contribution is -2.10. The van der Waals surface area contributed by atoms with Gasteiger partial charge in [-0.1, -0.05) is 19.1 Å². The molecule has 0 atom stereocenters. The van der Waals surface area contributed by atoms with E-state index in [0.717, 1.165) is 24.6 Å². The minimum atomic E-state index is 0.584. The number of thiophene rings is 1. The van der Waals surface area contributed by atoms with E-state index in [1.807, 2.05) is 31.2 Å². The summed E-state index contributed by atoms with van der Waals surface area (Å²) in [6, 6.07) is 12.1. The Kier molecular flexibility index (Phi) is 5.89. The van der Waals surface area contributed by atoms with Gasteiger partial charge in [0, 0.05) is 16.3 Å². The molecule has 0 bridgehead atoms. The molecule has 0 saturated heterocycles. The Bertz CT molecular complexity index is 525. The van der Waals surface area contributed by atoms with Crippen LogP contribution in [0.1, 0.15) is 23.6 Å². The predicted molar refractivity (Wildman–Crippen MR) is 83.6 cm³/mol. The molecule has 3 nitrogen and oxygen atoms in total. The lowest BCUT2D eigenvalue weighted by Gasteiger charge is -2.10. The zero-order valence-corrected chi connectivity index (χ0v) is 12.8. The van der Waals surface area contributed by atoms with Crippen molar-refractivity contribution in [3.63, 3.8) is 0 Å². The van der Waals surface area contributed by atoms with Gasteiger partial charge in [-0.15, -0.1) is 11.3 Å². The fraction of sp³-hybridized carbons (Fsp3) is 0.375. The number of benzene rings is 1. The van der Waals surface area contributed by atoms with Crippen LogP contribution >= 0.6 is 11.3 Å². The summed E-state index contributed by atoms with van der Waals surface area (Å²) in [5.41, 5.74) is 0. The van der Waals surface area contributed by atoms with Crippen LogP contribution in [0, 0.1) is 0 Å². The van der Waals surface area contributed by atoms with E-state index in [4.69, 9.17) is 9.47 Å². The van der Waals surface area contributed by atoms with Crippen LogP contribution < -0.4 is 14.8 Å². The molecule has 0 aliphatic heterocycles. The smallest absolute Gasteiger partial charge is 0.161 e. The Morgan fingerprint density at radius 1 is 0.950 bits per heavy atom. The molecule has 0 aliphatic rings. The molecule has 4 heteroatoms. The van der Waals surface area contributed by atoms with Crippen LogP contribution in [0.5, 0.6) is 11.5 Å².